The van der Waals surface area contributed by atoms with E-state index in [2.05, 4.69) is 26.8 Å². The standard InChI is InChI=1S/C53H86O23/c1-21(20-67-47-40(62)38(60)36(58)32(18-54)72-47)10-15-53(66)22(2)34-31(76-53)17-30-28-9-8-26-16-27(11-13-51(26,6)29(28)12-14-52(30,34)7)71-50-46(75-49-42(64)39(61)44(24(4)69-49)70-25(5)56)43(65)45(33(19-55)73-50)74-48-41(63)37(59)35(57)23(3)68-48/h8,21-24,27-50,54-55,57-66H,9-20H2,1-7H3/t21-,22+,23+,24+,27+,28-,29+,30+,31+,32-,33-,34+,35+,36-,37-,38+,39+,40-,41-,42-,43-,44+,45-,46-,47-,48+,49+,50-,51+,52+,53-/m1/s1. The lowest BCUT2D eigenvalue weighted by Gasteiger charge is -2.58. The first-order chi connectivity index (χ1) is 35.8. The summed E-state index contributed by atoms with van der Waals surface area (Å²) in [5, 5.41) is 129. The van der Waals surface area contributed by atoms with Gasteiger partial charge in [-0.15, -0.1) is 0 Å². The molecule has 8 fully saturated rings. The molecule has 0 spiro atoms. The van der Waals surface area contributed by atoms with Gasteiger partial charge in [0, 0.05) is 19.3 Å². The Labute approximate surface area is 443 Å². The van der Waals surface area contributed by atoms with Crippen molar-refractivity contribution in [2.75, 3.05) is 19.8 Å². The average molecular weight is 1090 g/mol. The largest absolute Gasteiger partial charge is 0.457 e. The maximum atomic E-state index is 12.1. The molecule has 5 saturated heterocycles. The highest BCUT2D eigenvalue weighted by Gasteiger charge is 2.68. The van der Waals surface area contributed by atoms with Crippen molar-refractivity contribution in [3.05, 3.63) is 11.6 Å². The minimum absolute atomic E-state index is 0.0695. The van der Waals surface area contributed by atoms with Gasteiger partial charge in [-0.05, 0) is 106 Å². The van der Waals surface area contributed by atoms with E-state index in [1.165, 1.54) is 19.4 Å². The Hall–Kier alpha value is -1.63. The zero-order valence-corrected chi connectivity index (χ0v) is 44.6. The van der Waals surface area contributed by atoms with Crippen LogP contribution in [0.15, 0.2) is 11.6 Å². The molecule has 436 valence electrons. The molecule has 5 aliphatic heterocycles. The monoisotopic (exact) mass is 1090 g/mol. The van der Waals surface area contributed by atoms with E-state index >= 15 is 0 Å². The molecule has 0 aromatic carbocycles. The number of aliphatic hydroxyl groups excluding tert-OH is 11. The van der Waals surface area contributed by atoms with Gasteiger partial charge < -0.3 is 109 Å². The first kappa shape index (κ1) is 59.0. The summed E-state index contributed by atoms with van der Waals surface area (Å²) < 4.78 is 60.2. The topological polar surface area (TPSA) is 352 Å². The summed E-state index contributed by atoms with van der Waals surface area (Å²) in [5.74, 6) is -1.01. The van der Waals surface area contributed by atoms with Crippen molar-refractivity contribution >= 4 is 5.97 Å². The quantitative estimate of drug-likeness (QED) is 0.0662. The second-order valence-electron chi connectivity index (χ2n) is 24.4. The van der Waals surface area contributed by atoms with Gasteiger partial charge in [-0.3, -0.25) is 4.79 Å². The van der Waals surface area contributed by atoms with Gasteiger partial charge in [0.05, 0.1) is 44.2 Å². The normalized spacial score (nSPS) is 53.7. The zero-order valence-electron chi connectivity index (χ0n) is 44.6. The number of fused-ring (bicyclic) bond motifs is 7. The third-order valence-electron chi connectivity index (χ3n) is 19.7. The van der Waals surface area contributed by atoms with Crippen LogP contribution in [0.3, 0.4) is 0 Å². The highest BCUT2D eigenvalue weighted by atomic mass is 16.8. The van der Waals surface area contributed by atoms with Gasteiger partial charge in [-0.1, -0.05) is 39.3 Å². The number of carbonyl (C=O) groups excluding carboxylic acids is 1. The van der Waals surface area contributed by atoms with Gasteiger partial charge >= 0.3 is 5.97 Å². The van der Waals surface area contributed by atoms with E-state index in [4.69, 9.17) is 47.4 Å². The van der Waals surface area contributed by atoms with Crippen LogP contribution in [0.1, 0.15) is 106 Å². The Balaban J connectivity index is 0.854. The number of esters is 1. The number of rotatable bonds is 15. The van der Waals surface area contributed by atoms with Crippen LogP contribution in [0, 0.1) is 46.3 Å². The second kappa shape index (κ2) is 23.0. The fourth-order valence-corrected chi connectivity index (χ4v) is 15.3. The van der Waals surface area contributed by atoms with E-state index in [0.29, 0.717) is 43.4 Å². The molecule has 0 unspecified atom stereocenters. The van der Waals surface area contributed by atoms with Crippen molar-refractivity contribution in [2.45, 2.75) is 247 Å². The van der Waals surface area contributed by atoms with Gasteiger partial charge in [0.2, 0.25) is 0 Å². The summed E-state index contributed by atoms with van der Waals surface area (Å²) >= 11 is 0. The van der Waals surface area contributed by atoms with Crippen LogP contribution in [0.4, 0.5) is 0 Å². The highest BCUT2D eigenvalue weighted by molar-refractivity contribution is 5.66. The molecule has 5 heterocycles. The number of ether oxygens (including phenoxy) is 10. The van der Waals surface area contributed by atoms with Crippen LogP contribution in [-0.4, -0.2) is 228 Å². The van der Waals surface area contributed by atoms with Crippen molar-refractivity contribution < 1.29 is 113 Å². The van der Waals surface area contributed by atoms with E-state index in [1.54, 1.807) is 0 Å². The van der Waals surface area contributed by atoms with E-state index in [0.717, 1.165) is 39.0 Å². The molecule has 4 aliphatic carbocycles. The van der Waals surface area contributed by atoms with Crippen molar-refractivity contribution in [1.82, 2.24) is 0 Å². The summed E-state index contributed by atoms with van der Waals surface area (Å²) in [5.41, 5.74) is 1.03. The molecule has 23 heteroatoms. The lowest BCUT2D eigenvalue weighted by molar-refractivity contribution is -0.388. The maximum Gasteiger partial charge on any atom is 0.303 e. The van der Waals surface area contributed by atoms with Crippen LogP contribution >= 0.6 is 0 Å². The molecule has 31 atom stereocenters. The zero-order chi connectivity index (χ0) is 55.1. The predicted octanol–water partition coefficient (Wildman–Crippen LogP) is -1.41. The third-order valence-corrected chi connectivity index (χ3v) is 19.7. The van der Waals surface area contributed by atoms with Gasteiger partial charge in [-0.2, -0.15) is 0 Å². The minimum Gasteiger partial charge on any atom is -0.457 e. The molecule has 0 amide bonds. The Morgan fingerprint density at radius 1 is 0.697 bits per heavy atom. The Morgan fingerprint density at radius 3 is 2.01 bits per heavy atom. The summed E-state index contributed by atoms with van der Waals surface area (Å²) in [6.45, 7) is 11.8. The Kier molecular flexibility index (Phi) is 17.8. The van der Waals surface area contributed by atoms with Crippen LogP contribution in [0.5, 0.6) is 0 Å². The van der Waals surface area contributed by atoms with E-state index < -0.39 is 154 Å². The van der Waals surface area contributed by atoms with E-state index in [9.17, 15) is 66.1 Å². The van der Waals surface area contributed by atoms with Gasteiger partial charge in [0.25, 0.3) is 0 Å². The predicted molar refractivity (Wildman–Crippen MR) is 258 cm³/mol. The Bertz CT molecular complexity index is 2020. The third kappa shape index (κ3) is 10.7. The second-order valence-corrected chi connectivity index (χ2v) is 24.4. The van der Waals surface area contributed by atoms with Gasteiger partial charge in [0.1, 0.15) is 79.4 Å². The number of allylic oxidation sites excluding steroid dienone is 1. The van der Waals surface area contributed by atoms with Crippen LogP contribution in [-0.2, 0) is 52.2 Å². The lowest BCUT2D eigenvalue weighted by atomic mass is 9.47. The molecule has 76 heavy (non-hydrogen) atoms. The maximum absolute atomic E-state index is 12.1. The molecular weight excluding hydrogens is 1000 g/mol. The van der Waals surface area contributed by atoms with Crippen LogP contribution in [0.2, 0.25) is 0 Å². The van der Waals surface area contributed by atoms with Crippen LogP contribution < -0.4 is 0 Å². The molecule has 3 saturated carbocycles. The molecule has 9 rings (SSSR count). The molecule has 0 radical (unpaired) electrons. The summed E-state index contributed by atoms with van der Waals surface area (Å²) in [6.07, 6.45) is -20.7. The molecule has 12 N–H and O–H groups in total. The van der Waals surface area contributed by atoms with Gasteiger partial charge in [0.15, 0.2) is 37.1 Å². The smallest absolute Gasteiger partial charge is 0.303 e. The van der Waals surface area contributed by atoms with E-state index in [-0.39, 0.29) is 41.3 Å². The van der Waals surface area contributed by atoms with E-state index in [1.807, 2.05) is 6.92 Å². The lowest BCUT2D eigenvalue weighted by Crippen LogP contribution is -2.66. The summed E-state index contributed by atoms with van der Waals surface area (Å²) in [6, 6.07) is 0. The SMILES string of the molecule is CC(=O)O[C@@H]1[C@@H](O)[C@@H](O)[C@H](O[C@H]2[C@H](O[C@H]3CC[C@@]4(C)C(=CC[C@H]5[C@@H]6C[C@@H]7O[C@](O)(CC[C@@H](C)CO[C@@H]8O[C@H](CO)[C@@H](O)[C@H](O)[C@H]8O)[C@@H](C)[C@@H]7[C@@]6(C)CC[C@@H]54)C3)O[C@H](CO)[C@@H](O[C@@H]3O[C@@H](C)[C@H](O)[C@@H](O)[C@H]3O)[C@H]2O)O[C@H]1C. The number of hydrogen-bond acceptors (Lipinski definition) is 23. The Morgan fingerprint density at radius 2 is 1.33 bits per heavy atom. The van der Waals surface area contributed by atoms with Gasteiger partial charge in [-0.25, -0.2) is 0 Å². The number of hydrogen-bond donors (Lipinski definition) is 12. The fraction of sp³-hybridized carbons (Fsp3) is 0.943. The first-order valence-corrected chi connectivity index (χ1v) is 27.7. The van der Waals surface area contributed by atoms with Crippen molar-refractivity contribution in [3.8, 4) is 0 Å². The highest BCUT2D eigenvalue weighted by Crippen LogP contribution is 2.70. The van der Waals surface area contributed by atoms with Crippen molar-refractivity contribution in [1.29, 1.82) is 0 Å². The molecule has 9 aliphatic rings. The summed E-state index contributed by atoms with van der Waals surface area (Å²) in [4.78, 5) is 11.8. The minimum atomic E-state index is -1.78. The number of carbonyl (C=O) groups is 1. The van der Waals surface area contributed by atoms with Crippen LogP contribution in [0.25, 0.3) is 0 Å². The summed E-state index contributed by atoms with van der Waals surface area (Å²) in [7, 11) is 0. The molecule has 23 nitrogen and oxygen atoms in total. The average Bonchev–Trinajstić information content (AvgIpc) is 3.94. The molecule has 0 aromatic rings. The van der Waals surface area contributed by atoms with Crippen molar-refractivity contribution in [3.63, 3.8) is 0 Å². The number of aliphatic hydroxyl groups is 12. The van der Waals surface area contributed by atoms with Crippen molar-refractivity contribution in [2.24, 2.45) is 46.3 Å². The fourth-order valence-electron chi connectivity index (χ4n) is 15.3. The first-order valence-electron chi connectivity index (χ1n) is 27.7. The molecule has 0 aromatic heterocycles. The molecular formula is C53H86O23. The molecule has 0 bridgehead atoms.